The molecular formula is C21H19ClN2O2. The molecule has 5 heteroatoms. The van der Waals surface area contributed by atoms with E-state index in [0.717, 1.165) is 37.1 Å². The van der Waals surface area contributed by atoms with E-state index < -0.39 is 0 Å². The molecule has 1 saturated heterocycles. The molecule has 1 aliphatic heterocycles. The maximum Gasteiger partial charge on any atom is 0.264 e. The summed E-state index contributed by atoms with van der Waals surface area (Å²) >= 11 is 5.88. The van der Waals surface area contributed by atoms with Crippen molar-refractivity contribution >= 4 is 23.6 Å². The zero-order chi connectivity index (χ0) is 18.4. The van der Waals surface area contributed by atoms with E-state index in [1.165, 1.54) is 0 Å². The Morgan fingerprint density at radius 2 is 1.92 bits per heavy atom. The van der Waals surface area contributed by atoms with E-state index >= 15 is 0 Å². The summed E-state index contributed by atoms with van der Waals surface area (Å²) < 4.78 is 5.80. The molecule has 0 aromatic heterocycles. The average molecular weight is 367 g/mol. The number of hydrogen-bond acceptors (Lipinski definition) is 3. The molecule has 0 N–H and O–H groups in total. The summed E-state index contributed by atoms with van der Waals surface area (Å²) in [7, 11) is 0. The highest BCUT2D eigenvalue weighted by Crippen LogP contribution is 2.19. The van der Waals surface area contributed by atoms with Crippen LogP contribution in [-0.4, -0.2) is 23.9 Å². The maximum atomic E-state index is 12.4. The van der Waals surface area contributed by atoms with Crippen molar-refractivity contribution < 1.29 is 9.53 Å². The molecule has 3 rings (SSSR count). The number of carbonyl (C=O) groups is 1. The molecule has 132 valence electrons. The Kier molecular flexibility index (Phi) is 5.93. The second-order valence-corrected chi connectivity index (χ2v) is 6.59. The van der Waals surface area contributed by atoms with Gasteiger partial charge in [0.2, 0.25) is 0 Å². The van der Waals surface area contributed by atoms with Crippen LogP contribution in [0.1, 0.15) is 24.0 Å². The second kappa shape index (κ2) is 8.55. The molecule has 0 saturated carbocycles. The molecule has 0 spiro atoms. The maximum absolute atomic E-state index is 12.4. The third kappa shape index (κ3) is 4.65. The fraction of sp³-hybridized carbons (Fsp3) is 0.238. The molecule has 2 aromatic rings. The molecule has 2 aromatic carbocycles. The lowest BCUT2D eigenvalue weighted by atomic mass is 10.1. The number of nitriles is 1. The minimum Gasteiger partial charge on any atom is -0.489 e. The number of nitrogens with zero attached hydrogens (tertiary/aromatic N) is 2. The number of hydrogen-bond donors (Lipinski definition) is 0. The number of rotatable bonds is 5. The molecular weight excluding hydrogens is 348 g/mol. The minimum atomic E-state index is -0.197. The molecule has 1 fully saturated rings. The van der Waals surface area contributed by atoms with Crippen LogP contribution in [0, 0.1) is 11.3 Å². The van der Waals surface area contributed by atoms with Gasteiger partial charge in [-0.15, -0.1) is 0 Å². The van der Waals surface area contributed by atoms with Crippen molar-refractivity contribution in [2.45, 2.75) is 19.4 Å². The molecule has 1 aliphatic rings. The Hall–Kier alpha value is -2.77. The van der Waals surface area contributed by atoms with Crippen molar-refractivity contribution in [2.24, 2.45) is 0 Å². The standard InChI is InChI=1S/C21H19ClN2O2/c22-19-8-6-16(7-9-19)15-26-20-5-3-4-17(13-20)12-18(14-23)21(25)24-10-1-2-11-24/h3-9,12-13H,1-2,10-11,15H2/b18-12+. The Morgan fingerprint density at radius 3 is 2.62 bits per heavy atom. The van der Waals surface area contributed by atoms with Crippen LogP contribution in [0.4, 0.5) is 0 Å². The van der Waals surface area contributed by atoms with E-state index in [-0.39, 0.29) is 11.5 Å². The van der Waals surface area contributed by atoms with Gasteiger partial charge in [0, 0.05) is 18.1 Å². The third-order valence-corrected chi connectivity index (χ3v) is 4.48. The van der Waals surface area contributed by atoms with Gasteiger partial charge in [0.05, 0.1) is 0 Å². The molecule has 0 radical (unpaired) electrons. The third-order valence-electron chi connectivity index (χ3n) is 4.23. The lowest BCUT2D eigenvalue weighted by Crippen LogP contribution is -2.28. The van der Waals surface area contributed by atoms with E-state index in [1.54, 1.807) is 11.0 Å². The summed E-state index contributed by atoms with van der Waals surface area (Å²) in [5.41, 5.74) is 1.93. The van der Waals surface area contributed by atoms with Gasteiger partial charge in [0.1, 0.15) is 24.0 Å². The Morgan fingerprint density at radius 1 is 1.19 bits per heavy atom. The van der Waals surface area contributed by atoms with E-state index in [4.69, 9.17) is 16.3 Å². The molecule has 0 unspecified atom stereocenters. The molecule has 1 amide bonds. The largest absolute Gasteiger partial charge is 0.489 e. The number of carbonyl (C=O) groups excluding carboxylic acids is 1. The first-order valence-electron chi connectivity index (χ1n) is 8.54. The van der Waals surface area contributed by atoms with Crippen LogP contribution in [0.2, 0.25) is 5.02 Å². The van der Waals surface area contributed by atoms with Gasteiger partial charge in [0.25, 0.3) is 5.91 Å². The minimum absolute atomic E-state index is 0.154. The molecule has 0 atom stereocenters. The summed E-state index contributed by atoms with van der Waals surface area (Å²) in [6, 6.07) is 16.9. The van der Waals surface area contributed by atoms with Crippen LogP contribution in [0.5, 0.6) is 5.75 Å². The predicted octanol–water partition coefficient (Wildman–Crippen LogP) is 4.45. The summed E-state index contributed by atoms with van der Waals surface area (Å²) in [6.07, 6.45) is 3.62. The van der Waals surface area contributed by atoms with Gasteiger partial charge >= 0.3 is 0 Å². The van der Waals surface area contributed by atoms with Crippen LogP contribution >= 0.6 is 11.6 Å². The predicted molar refractivity (Wildman–Crippen MR) is 102 cm³/mol. The van der Waals surface area contributed by atoms with Crippen LogP contribution in [0.3, 0.4) is 0 Å². The summed E-state index contributed by atoms with van der Waals surface area (Å²) in [6.45, 7) is 1.87. The highest BCUT2D eigenvalue weighted by molar-refractivity contribution is 6.30. The fourth-order valence-electron chi connectivity index (χ4n) is 2.84. The van der Waals surface area contributed by atoms with Crippen LogP contribution in [0.15, 0.2) is 54.1 Å². The summed E-state index contributed by atoms with van der Waals surface area (Å²) in [4.78, 5) is 14.1. The Bertz CT molecular complexity index is 847. The summed E-state index contributed by atoms with van der Waals surface area (Å²) in [5.74, 6) is 0.483. The van der Waals surface area contributed by atoms with E-state index in [2.05, 4.69) is 0 Å². The van der Waals surface area contributed by atoms with Crippen molar-refractivity contribution in [1.29, 1.82) is 5.26 Å². The first kappa shape index (κ1) is 18.0. The van der Waals surface area contributed by atoms with Gasteiger partial charge in [-0.25, -0.2) is 0 Å². The van der Waals surface area contributed by atoms with Crippen LogP contribution in [-0.2, 0) is 11.4 Å². The second-order valence-electron chi connectivity index (χ2n) is 6.16. The zero-order valence-electron chi connectivity index (χ0n) is 14.3. The lowest BCUT2D eigenvalue weighted by molar-refractivity contribution is -0.125. The van der Waals surface area contributed by atoms with Gasteiger partial charge in [-0.3, -0.25) is 4.79 Å². The quantitative estimate of drug-likeness (QED) is 0.580. The van der Waals surface area contributed by atoms with Gasteiger partial charge in [-0.1, -0.05) is 35.9 Å². The van der Waals surface area contributed by atoms with Crippen molar-refractivity contribution in [3.8, 4) is 11.8 Å². The highest BCUT2D eigenvalue weighted by atomic mass is 35.5. The molecule has 0 bridgehead atoms. The zero-order valence-corrected chi connectivity index (χ0v) is 15.1. The number of benzene rings is 2. The Labute approximate surface area is 158 Å². The lowest BCUT2D eigenvalue weighted by Gasteiger charge is -2.14. The van der Waals surface area contributed by atoms with Crippen LogP contribution in [0.25, 0.3) is 6.08 Å². The van der Waals surface area contributed by atoms with E-state index in [0.29, 0.717) is 17.4 Å². The van der Waals surface area contributed by atoms with Gasteiger partial charge < -0.3 is 9.64 Å². The van der Waals surface area contributed by atoms with Gasteiger partial charge in [-0.2, -0.15) is 5.26 Å². The smallest absolute Gasteiger partial charge is 0.264 e. The molecule has 4 nitrogen and oxygen atoms in total. The van der Waals surface area contributed by atoms with Crippen molar-refractivity contribution in [3.05, 3.63) is 70.3 Å². The monoisotopic (exact) mass is 366 g/mol. The van der Waals surface area contributed by atoms with Crippen molar-refractivity contribution in [3.63, 3.8) is 0 Å². The molecule has 0 aliphatic carbocycles. The molecule has 26 heavy (non-hydrogen) atoms. The van der Waals surface area contributed by atoms with Crippen molar-refractivity contribution in [2.75, 3.05) is 13.1 Å². The number of halogens is 1. The Balaban J connectivity index is 1.70. The van der Waals surface area contributed by atoms with Gasteiger partial charge in [0.15, 0.2) is 0 Å². The van der Waals surface area contributed by atoms with E-state index in [1.807, 2.05) is 54.6 Å². The average Bonchev–Trinajstić information content (AvgIpc) is 3.20. The first-order valence-corrected chi connectivity index (χ1v) is 8.92. The normalized spacial score (nSPS) is 14.2. The highest BCUT2D eigenvalue weighted by Gasteiger charge is 2.21. The fourth-order valence-corrected chi connectivity index (χ4v) is 2.97. The summed E-state index contributed by atoms with van der Waals surface area (Å²) in [5, 5.41) is 10.0. The molecule has 1 heterocycles. The number of ether oxygens (including phenoxy) is 1. The van der Waals surface area contributed by atoms with E-state index in [9.17, 15) is 10.1 Å². The SMILES string of the molecule is N#C/C(=C\c1cccc(OCc2ccc(Cl)cc2)c1)C(=O)N1CCCC1. The number of likely N-dealkylation sites (tertiary alicyclic amines) is 1. The topological polar surface area (TPSA) is 53.3 Å². The van der Waals surface area contributed by atoms with Crippen molar-refractivity contribution in [1.82, 2.24) is 4.90 Å². The number of amides is 1. The van der Waals surface area contributed by atoms with Crippen LogP contribution < -0.4 is 4.74 Å². The van der Waals surface area contributed by atoms with Gasteiger partial charge in [-0.05, 0) is 54.3 Å². The first-order chi connectivity index (χ1) is 12.7.